The van der Waals surface area contributed by atoms with Crippen molar-refractivity contribution in [2.45, 2.75) is 25.2 Å². The van der Waals surface area contributed by atoms with E-state index in [1.165, 1.54) is 12.8 Å². The van der Waals surface area contributed by atoms with Crippen LogP contribution < -0.4 is 5.32 Å². The van der Waals surface area contributed by atoms with E-state index in [0.29, 0.717) is 25.1 Å². The van der Waals surface area contributed by atoms with Gasteiger partial charge in [-0.1, -0.05) is 0 Å². The number of nitrogens with one attached hydrogen (secondary N) is 1. The number of amides is 1. The van der Waals surface area contributed by atoms with Crippen molar-refractivity contribution in [1.29, 1.82) is 0 Å². The Morgan fingerprint density at radius 2 is 2.24 bits per heavy atom. The molecule has 0 bridgehead atoms. The third kappa shape index (κ3) is 2.04. The maximum atomic E-state index is 11.9. The summed E-state index contributed by atoms with van der Waals surface area (Å²) in [5, 5.41) is 11.0. The SMILES string of the molecule is Cn1c(NC(=O)C2CCOC2)nnc1C1CC1. The van der Waals surface area contributed by atoms with Gasteiger partial charge in [0.1, 0.15) is 5.82 Å². The predicted molar refractivity (Wildman–Crippen MR) is 60.5 cm³/mol. The molecule has 1 atom stereocenters. The predicted octanol–water partition coefficient (Wildman–Crippen LogP) is 0.667. The van der Waals surface area contributed by atoms with Crippen LogP contribution in [0.2, 0.25) is 0 Å². The van der Waals surface area contributed by atoms with Gasteiger partial charge in [-0.25, -0.2) is 0 Å². The highest BCUT2D eigenvalue weighted by Gasteiger charge is 2.30. The third-order valence-electron chi connectivity index (χ3n) is 3.39. The summed E-state index contributed by atoms with van der Waals surface area (Å²) in [6.45, 7) is 1.18. The van der Waals surface area contributed by atoms with Crippen molar-refractivity contribution < 1.29 is 9.53 Å². The molecule has 1 aliphatic heterocycles. The van der Waals surface area contributed by atoms with E-state index < -0.39 is 0 Å². The van der Waals surface area contributed by atoms with Gasteiger partial charge in [-0.2, -0.15) is 0 Å². The molecule has 1 aromatic heterocycles. The molecular weight excluding hydrogens is 220 g/mol. The van der Waals surface area contributed by atoms with E-state index in [2.05, 4.69) is 15.5 Å². The van der Waals surface area contributed by atoms with Gasteiger partial charge >= 0.3 is 0 Å². The first-order valence-corrected chi connectivity index (χ1v) is 6.03. The molecule has 6 heteroatoms. The molecule has 1 aliphatic carbocycles. The Labute approximate surface area is 99.4 Å². The number of hydrogen-bond acceptors (Lipinski definition) is 4. The van der Waals surface area contributed by atoms with Crippen LogP contribution in [0.1, 0.15) is 31.0 Å². The average molecular weight is 236 g/mol. The summed E-state index contributed by atoms with van der Waals surface area (Å²) in [6.07, 6.45) is 3.14. The summed E-state index contributed by atoms with van der Waals surface area (Å²) in [4.78, 5) is 11.9. The number of carbonyl (C=O) groups is 1. The van der Waals surface area contributed by atoms with Crippen molar-refractivity contribution in [2.75, 3.05) is 18.5 Å². The molecule has 1 saturated carbocycles. The number of ether oxygens (including phenoxy) is 1. The second-order valence-corrected chi connectivity index (χ2v) is 4.76. The Morgan fingerprint density at radius 1 is 1.41 bits per heavy atom. The standard InChI is InChI=1S/C11H16N4O2/c1-15-9(7-2-3-7)13-14-11(15)12-10(16)8-4-5-17-6-8/h7-8H,2-6H2,1H3,(H,12,14,16). The molecule has 2 fully saturated rings. The van der Waals surface area contributed by atoms with Crippen LogP contribution in [-0.4, -0.2) is 33.9 Å². The Hall–Kier alpha value is -1.43. The number of aromatic nitrogens is 3. The zero-order chi connectivity index (χ0) is 11.8. The smallest absolute Gasteiger partial charge is 0.232 e. The Kier molecular flexibility index (Phi) is 2.58. The fourth-order valence-corrected chi connectivity index (χ4v) is 2.10. The first kappa shape index (κ1) is 10.7. The van der Waals surface area contributed by atoms with Crippen LogP contribution in [0, 0.1) is 5.92 Å². The second kappa shape index (κ2) is 4.10. The van der Waals surface area contributed by atoms with Gasteiger partial charge in [0.25, 0.3) is 0 Å². The summed E-state index contributed by atoms with van der Waals surface area (Å²) in [7, 11) is 1.90. The Morgan fingerprint density at radius 3 is 2.88 bits per heavy atom. The molecule has 1 amide bonds. The van der Waals surface area contributed by atoms with Crippen molar-refractivity contribution in [3.05, 3.63) is 5.82 Å². The van der Waals surface area contributed by atoms with E-state index in [-0.39, 0.29) is 11.8 Å². The Balaban J connectivity index is 1.69. The summed E-state index contributed by atoms with van der Waals surface area (Å²) < 4.78 is 7.08. The summed E-state index contributed by atoms with van der Waals surface area (Å²) in [6, 6.07) is 0. The molecule has 0 radical (unpaired) electrons. The van der Waals surface area contributed by atoms with Gasteiger partial charge in [-0.15, -0.1) is 10.2 Å². The molecule has 1 saturated heterocycles. The number of anilines is 1. The van der Waals surface area contributed by atoms with Crippen LogP contribution >= 0.6 is 0 Å². The van der Waals surface area contributed by atoms with Gasteiger partial charge in [-0.05, 0) is 19.3 Å². The first-order valence-electron chi connectivity index (χ1n) is 6.03. The van der Waals surface area contributed by atoms with Gasteiger partial charge in [0.2, 0.25) is 11.9 Å². The molecule has 2 aliphatic rings. The van der Waals surface area contributed by atoms with Gasteiger partial charge in [0.05, 0.1) is 12.5 Å². The van der Waals surface area contributed by atoms with Gasteiger partial charge in [-0.3, -0.25) is 10.1 Å². The zero-order valence-corrected chi connectivity index (χ0v) is 9.85. The molecule has 0 spiro atoms. The largest absolute Gasteiger partial charge is 0.381 e. The van der Waals surface area contributed by atoms with Crippen LogP contribution in [0.5, 0.6) is 0 Å². The molecule has 1 aromatic rings. The minimum absolute atomic E-state index is 0.0136. The molecule has 92 valence electrons. The lowest BCUT2D eigenvalue weighted by molar-refractivity contribution is -0.119. The Bertz CT molecular complexity index is 433. The van der Waals surface area contributed by atoms with Crippen molar-refractivity contribution in [1.82, 2.24) is 14.8 Å². The lowest BCUT2D eigenvalue weighted by Crippen LogP contribution is -2.24. The minimum atomic E-state index is -0.0453. The van der Waals surface area contributed by atoms with Crippen LogP contribution in [-0.2, 0) is 16.6 Å². The summed E-state index contributed by atoms with van der Waals surface area (Å²) in [5.41, 5.74) is 0. The minimum Gasteiger partial charge on any atom is -0.381 e. The molecule has 1 unspecified atom stereocenters. The molecular formula is C11H16N4O2. The van der Waals surface area contributed by atoms with E-state index in [1.54, 1.807) is 0 Å². The summed E-state index contributed by atoms with van der Waals surface area (Å²) >= 11 is 0. The van der Waals surface area contributed by atoms with Crippen molar-refractivity contribution in [3.63, 3.8) is 0 Å². The molecule has 2 heterocycles. The normalized spacial score (nSPS) is 23.9. The monoisotopic (exact) mass is 236 g/mol. The van der Waals surface area contributed by atoms with E-state index in [0.717, 1.165) is 12.2 Å². The zero-order valence-electron chi connectivity index (χ0n) is 9.85. The van der Waals surface area contributed by atoms with Crippen molar-refractivity contribution in [3.8, 4) is 0 Å². The quantitative estimate of drug-likeness (QED) is 0.837. The van der Waals surface area contributed by atoms with E-state index in [4.69, 9.17) is 4.74 Å². The maximum Gasteiger partial charge on any atom is 0.232 e. The molecule has 1 N–H and O–H groups in total. The highest BCUT2D eigenvalue weighted by Crippen LogP contribution is 2.39. The van der Waals surface area contributed by atoms with Crippen LogP contribution in [0.3, 0.4) is 0 Å². The highest BCUT2D eigenvalue weighted by atomic mass is 16.5. The molecule has 0 aromatic carbocycles. The number of hydrogen-bond donors (Lipinski definition) is 1. The van der Waals surface area contributed by atoms with Crippen molar-refractivity contribution in [2.24, 2.45) is 13.0 Å². The van der Waals surface area contributed by atoms with Crippen LogP contribution in [0.4, 0.5) is 5.95 Å². The fraction of sp³-hybridized carbons (Fsp3) is 0.727. The van der Waals surface area contributed by atoms with E-state index >= 15 is 0 Å². The van der Waals surface area contributed by atoms with E-state index in [9.17, 15) is 4.79 Å². The van der Waals surface area contributed by atoms with Gasteiger partial charge < -0.3 is 9.30 Å². The first-order chi connectivity index (χ1) is 8.25. The maximum absolute atomic E-state index is 11.9. The van der Waals surface area contributed by atoms with E-state index in [1.807, 2.05) is 11.6 Å². The van der Waals surface area contributed by atoms with Crippen molar-refractivity contribution >= 4 is 11.9 Å². The lowest BCUT2D eigenvalue weighted by atomic mass is 10.1. The fourth-order valence-electron chi connectivity index (χ4n) is 2.10. The van der Waals surface area contributed by atoms with Gasteiger partial charge in [0.15, 0.2) is 0 Å². The lowest BCUT2D eigenvalue weighted by Gasteiger charge is -2.08. The van der Waals surface area contributed by atoms with Crippen LogP contribution in [0.15, 0.2) is 0 Å². The summed E-state index contributed by atoms with van der Waals surface area (Å²) in [5.74, 6) is 2.00. The molecule has 6 nitrogen and oxygen atoms in total. The molecule has 3 rings (SSSR count). The number of nitrogens with zero attached hydrogens (tertiary/aromatic N) is 3. The topological polar surface area (TPSA) is 69.0 Å². The van der Waals surface area contributed by atoms with Gasteiger partial charge in [0, 0.05) is 19.6 Å². The second-order valence-electron chi connectivity index (χ2n) is 4.76. The third-order valence-corrected chi connectivity index (χ3v) is 3.39. The number of carbonyl (C=O) groups excluding carboxylic acids is 1. The van der Waals surface area contributed by atoms with Crippen LogP contribution in [0.25, 0.3) is 0 Å². The number of rotatable bonds is 3. The highest BCUT2D eigenvalue weighted by molar-refractivity contribution is 5.91. The average Bonchev–Trinajstić information content (AvgIpc) is 2.89. The molecule has 17 heavy (non-hydrogen) atoms.